The van der Waals surface area contributed by atoms with Crippen molar-refractivity contribution in [2.75, 3.05) is 0 Å². The first-order valence-corrected chi connectivity index (χ1v) is 8.57. The maximum atomic E-state index is 12.6. The summed E-state index contributed by atoms with van der Waals surface area (Å²) in [5, 5.41) is 5.04. The summed E-state index contributed by atoms with van der Waals surface area (Å²) in [5.41, 5.74) is 5.94. The van der Waals surface area contributed by atoms with Crippen LogP contribution < -0.4 is 16.4 Å². The number of hydrogen-bond donors (Lipinski definition) is 2. The summed E-state index contributed by atoms with van der Waals surface area (Å²) >= 11 is 0. The maximum Gasteiger partial charge on any atom is 0.290 e. The molecule has 0 bridgehead atoms. The Hall–Kier alpha value is -3.48. The van der Waals surface area contributed by atoms with Crippen molar-refractivity contribution in [1.82, 2.24) is 20.6 Å². The number of fused-ring (bicyclic) bond motifs is 1. The molecule has 1 heterocycles. The van der Waals surface area contributed by atoms with E-state index < -0.39 is 11.8 Å². The number of nitrogens with zero attached hydrogens (tertiary/aromatic N) is 2. The fraction of sp³-hybridized carbons (Fsp3) is 0.200. The first-order valence-electron chi connectivity index (χ1n) is 8.57. The molecule has 27 heavy (non-hydrogen) atoms. The first-order chi connectivity index (χ1) is 12.9. The summed E-state index contributed by atoms with van der Waals surface area (Å²) in [7, 11) is 0. The first kappa shape index (κ1) is 18.3. The van der Waals surface area contributed by atoms with Gasteiger partial charge in [-0.05, 0) is 39.0 Å². The van der Waals surface area contributed by atoms with Gasteiger partial charge in [0.2, 0.25) is 0 Å². The van der Waals surface area contributed by atoms with Crippen LogP contribution in [0.2, 0.25) is 0 Å². The number of aromatic nitrogens is 2. The van der Waals surface area contributed by atoms with E-state index in [2.05, 4.69) is 16.0 Å². The molecule has 2 N–H and O–H groups in total. The number of nitrogens with one attached hydrogen (secondary N) is 2. The number of carbonyl (C=O) groups excluding carboxylic acids is 2. The average Bonchev–Trinajstić information content (AvgIpc) is 2.66. The highest BCUT2D eigenvalue weighted by Crippen LogP contribution is 2.14. The Labute approximate surface area is 156 Å². The lowest BCUT2D eigenvalue weighted by Crippen LogP contribution is -2.43. The minimum Gasteiger partial charge on any atom is -0.267 e. The van der Waals surface area contributed by atoms with E-state index in [1.807, 2.05) is 26.8 Å². The normalized spacial score (nSPS) is 10.8. The smallest absolute Gasteiger partial charge is 0.267 e. The van der Waals surface area contributed by atoms with Crippen LogP contribution in [0.1, 0.15) is 46.3 Å². The molecule has 0 saturated heterocycles. The van der Waals surface area contributed by atoms with Gasteiger partial charge in [0.25, 0.3) is 17.4 Å². The van der Waals surface area contributed by atoms with Crippen molar-refractivity contribution in [2.24, 2.45) is 0 Å². The van der Waals surface area contributed by atoms with Gasteiger partial charge in [0.1, 0.15) is 0 Å². The van der Waals surface area contributed by atoms with Crippen LogP contribution in [0.3, 0.4) is 0 Å². The van der Waals surface area contributed by atoms with E-state index in [0.717, 1.165) is 5.56 Å². The fourth-order valence-corrected chi connectivity index (χ4v) is 2.76. The van der Waals surface area contributed by atoms with Crippen LogP contribution in [0.25, 0.3) is 10.8 Å². The van der Waals surface area contributed by atoms with Gasteiger partial charge in [-0.15, -0.1) is 0 Å². The zero-order valence-corrected chi connectivity index (χ0v) is 15.3. The minimum absolute atomic E-state index is 0.0726. The predicted molar refractivity (Wildman–Crippen MR) is 102 cm³/mol. The SMILES string of the molecule is Cc1cccc(C(=O)NNC(=O)c2nn(C(C)C)c(=O)c3ccccc23)c1. The molecule has 7 nitrogen and oxygen atoms in total. The zero-order valence-electron chi connectivity index (χ0n) is 15.3. The van der Waals surface area contributed by atoms with E-state index >= 15 is 0 Å². The van der Waals surface area contributed by atoms with Crippen LogP contribution in [0.4, 0.5) is 0 Å². The summed E-state index contributed by atoms with van der Waals surface area (Å²) < 4.78 is 1.26. The van der Waals surface area contributed by atoms with Crippen LogP contribution in [-0.4, -0.2) is 21.6 Å². The molecule has 3 aromatic rings. The second kappa shape index (κ2) is 7.41. The Morgan fingerprint density at radius 3 is 2.30 bits per heavy atom. The molecule has 3 rings (SSSR count). The summed E-state index contributed by atoms with van der Waals surface area (Å²) in [6, 6.07) is 13.6. The van der Waals surface area contributed by atoms with Crippen LogP contribution >= 0.6 is 0 Å². The lowest BCUT2D eigenvalue weighted by Gasteiger charge is -2.13. The van der Waals surface area contributed by atoms with Gasteiger partial charge in [-0.3, -0.25) is 25.2 Å². The van der Waals surface area contributed by atoms with E-state index in [1.165, 1.54) is 4.68 Å². The van der Waals surface area contributed by atoms with Crippen molar-refractivity contribution in [3.05, 3.63) is 75.7 Å². The lowest BCUT2D eigenvalue weighted by molar-refractivity contribution is 0.0843. The third-order valence-electron chi connectivity index (χ3n) is 4.10. The summed E-state index contributed by atoms with van der Waals surface area (Å²) in [5.74, 6) is -1.03. The molecule has 0 spiro atoms. The molecular weight excluding hydrogens is 344 g/mol. The summed E-state index contributed by atoms with van der Waals surface area (Å²) in [6.07, 6.45) is 0. The standard InChI is InChI=1S/C20H20N4O3/c1-12(2)24-20(27)16-10-5-4-9-15(16)17(23-24)19(26)22-21-18(25)14-8-6-7-13(3)11-14/h4-12H,1-3H3,(H,21,25)(H,22,26). The van der Waals surface area contributed by atoms with E-state index in [4.69, 9.17) is 0 Å². The monoisotopic (exact) mass is 364 g/mol. The van der Waals surface area contributed by atoms with Crippen molar-refractivity contribution in [3.63, 3.8) is 0 Å². The molecule has 0 aliphatic rings. The Morgan fingerprint density at radius 1 is 0.963 bits per heavy atom. The Kier molecular flexibility index (Phi) is 5.03. The number of rotatable bonds is 3. The predicted octanol–water partition coefficient (Wildman–Crippen LogP) is 2.36. The number of benzene rings is 2. The highest BCUT2D eigenvalue weighted by Gasteiger charge is 2.18. The summed E-state index contributed by atoms with van der Waals surface area (Å²) in [6.45, 7) is 5.50. The number of aryl methyl sites for hydroxylation is 1. The molecule has 0 radical (unpaired) electrons. The van der Waals surface area contributed by atoms with Gasteiger partial charge >= 0.3 is 0 Å². The van der Waals surface area contributed by atoms with E-state index in [0.29, 0.717) is 16.3 Å². The van der Waals surface area contributed by atoms with Crippen molar-refractivity contribution < 1.29 is 9.59 Å². The highest BCUT2D eigenvalue weighted by molar-refractivity contribution is 6.06. The summed E-state index contributed by atoms with van der Waals surface area (Å²) in [4.78, 5) is 37.4. The molecule has 2 aromatic carbocycles. The molecule has 138 valence electrons. The third-order valence-corrected chi connectivity index (χ3v) is 4.10. The average molecular weight is 364 g/mol. The Morgan fingerprint density at radius 2 is 1.63 bits per heavy atom. The van der Waals surface area contributed by atoms with Crippen molar-refractivity contribution >= 4 is 22.6 Å². The number of hydrazine groups is 1. The molecule has 1 aromatic heterocycles. The largest absolute Gasteiger partial charge is 0.290 e. The van der Waals surface area contributed by atoms with Gasteiger partial charge in [0, 0.05) is 10.9 Å². The molecule has 0 aliphatic carbocycles. The number of carbonyl (C=O) groups is 2. The molecule has 0 saturated carbocycles. The van der Waals surface area contributed by atoms with E-state index in [-0.39, 0.29) is 17.3 Å². The molecule has 0 atom stereocenters. The van der Waals surface area contributed by atoms with E-state index in [9.17, 15) is 14.4 Å². The van der Waals surface area contributed by atoms with Gasteiger partial charge in [-0.2, -0.15) is 5.10 Å². The fourth-order valence-electron chi connectivity index (χ4n) is 2.76. The second-order valence-electron chi connectivity index (χ2n) is 6.52. The van der Waals surface area contributed by atoms with Crippen molar-refractivity contribution in [2.45, 2.75) is 26.8 Å². The van der Waals surface area contributed by atoms with Crippen LogP contribution in [0.5, 0.6) is 0 Å². The topological polar surface area (TPSA) is 93.1 Å². The van der Waals surface area contributed by atoms with Gasteiger partial charge in [0.05, 0.1) is 11.4 Å². The molecule has 0 unspecified atom stereocenters. The molecule has 0 aliphatic heterocycles. The van der Waals surface area contributed by atoms with Crippen molar-refractivity contribution in [1.29, 1.82) is 0 Å². The Balaban J connectivity index is 1.90. The van der Waals surface area contributed by atoms with E-state index in [1.54, 1.807) is 42.5 Å². The zero-order chi connectivity index (χ0) is 19.6. The minimum atomic E-state index is -0.596. The molecule has 7 heteroatoms. The maximum absolute atomic E-state index is 12.6. The van der Waals surface area contributed by atoms with Crippen LogP contribution in [0.15, 0.2) is 53.3 Å². The van der Waals surface area contributed by atoms with Gasteiger partial charge in [-0.25, -0.2) is 4.68 Å². The number of hydrogen-bond acceptors (Lipinski definition) is 4. The Bertz CT molecular complexity index is 1090. The lowest BCUT2D eigenvalue weighted by atomic mass is 10.1. The quantitative estimate of drug-likeness (QED) is 0.698. The van der Waals surface area contributed by atoms with Crippen LogP contribution in [-0.2, 0) is 0 Å². The van der Waals surface area contributed by atoms with Gasteiger partial charge < -0.3 is 0 Å². The number of amides is 2. The third kappa shape index (κ3) is 3.72. The van der Waals surface area contributed by atoms with Crippen LogP contribution in [0, 0.1) is 6.92 Å². The second-order valence-corrected chi connectivity index (χ2v) is 6.52. The van der Waals surface area contributed by atoms with Crippen molar-refractivity contribution in [3.8, 4) is 0 Å². The molecular formula is C20H20N4O3. The van der Waals surface area contributed by atoms with Gasteiger partial charge in [-0.1, -0.05) is 35.9 Å². The van der Waals surface area contributed by atoms with Gasteiger partial charge in [0.15, 0.2) is 5.69 Å². The highest BCUT2D eigenvalue weighted by atomic mass is 16.2. The molecule has 0 fully saturated rings. The molecule has 2 amide bonds.